The number of likely N-dealkylation sites (tertiary alicyclic amines) is 1. The van der Waals surface area contributed by atoms with Crippen molar-refractivity contribution < 1.29 is 33.3 Å². The molecule has 0 aromatic rings. The van der Waals surface area contributed by atoms with Crippen molar-refractivity contribution in [2.75, 3.05) is 27.2 Å². The molecule has 0 aliphatic carbocycles. The van der Waals surface area contributed by atoms with Crippen LogP contribution in [0.3, 0.4) is 0 Å². The summed E-state index contributed by atoms with van der Waals surface area (Å²) in [5.41, 5.74) is 0.000579. The van der Waals surface area contributed by atoms with Crippen LogP contribution >= 0.6 is 15.9 Å². The Balaban J connectivity index is 0.000000980. The largest absolute Gasteiger partial charge is 1.00 e. The Morgan fingerprint density at radius 1 is 1.50 bits per heavy atom. The summed E-state index contributed by atoms with van der Waals surface area (Å²) < 4.78 is 2.02. The van der Waals surface area contributed by atoms with Crippen LogP contribution in [0.15, 0.2) is 5.16 Å². The average Bonchev–Trinajstić information content (AvgIpc) is 2.29. The van der Waals surface area contributed by atoms with Crippen LogP contribution in [0.5, 0.6) is 0 Å². The van der Waals surface area contributed by atoms with Crippen molar-refractivity contribution in [3.05, 3.63) is 0 Å². The Hall–Kier alpha value is 0.640. The van der Waals surface area contributed by atoms with Crippen LogP contribution in [-0.4, -0.2) is 41.9 Å². The normalized spacial score (nSPS) is 34.6. The van der Waals surface area contributed by atoms with Crippen molar-refractivity contribution in [1.29, 1.82) is 0 Å². The van der Waals surface area contributed by atoms with E-state index in [1.165, 1.54) is 13.0 Å². The van der Waals surface area contributed by atoms with Crippen LogP contribution in [-0.2, 0) is 4.84 Å². The second kappa shape index (κ2) is 4.25. The highest BCUT2D eigenvalue weighted by molar-refractivity contribution is 9.18. The molecule has 82 valence electrons. The smallest absolute Gasteiger partial charge is 0.192 e. The van der Waals surface area contributed by atoms with Crippen molar-refractivity contribution in [1.82, 2.24) is 0 Å². The van der Waals surface area contributed by atoms with E-state index in [4.69, 9.17) is 4.84 Å². The fraction of sp³-hybridized carbons (Fsp3) is 0.889. The first-order valence-corrected chi connectivity index (χ1v) is 5.53. The summed E-state index contributed by atoms with van der Waals surface area (Å²) in [6.07, 6.45) is 3.34. The number of oxime groups is 1. The Kier molecular flexibility index (Phi) is 3.86. The van der Waals surface area contributed by atoms with Crippen LogP contribution in [0.2, 0.25) is 0 Å². The van der Waals surface area contributed by atoms with Gasteiger partial charge in [-0.2, -0.15) is 0 Å². The molecule has 2 heterocycles. The summed E-state index contributed by atoms with van der Waals surface area (Å²) in [7, 11) is 4.52. The molecular formula is C9H16BrIN2O. The van der Waals surface area contributed by atoms with E-state index in [-0.39, 0.29) is 29.6 Å². The van der Waals surface area contributed by atoms with Gasteiger partial charge in [-0.3, -0.25) is 0 Å². The Morgan fingerprint density at radius 3 is 2.71 bits per heavy atom. The van der Waals surface area contributed by atoms with Crippen molar-refractivity contribution in [3.8, 4) is 0 Å². The van der Waals surface area contributed by atoms with Crippen LogP contribution in [0, 0.1) is 0 Å². The van der Waals surface area contributed by atoms with E-state index in [2.05, 4.69) is 35.2 Å². The van der Waals surface area contributed by atoms with Crippen LogP contribution in [0.25, 0.3) is 0 Å². The molecule has 2 aliphatic heterocycles. The molecule has 14 heavy (non-hydrogen) atoms. The van der Waals surface area contributed by atoms with E-state index in [1.54, 1.807) is 0 Å². The first-order valence-electron chi connectivity index (χ1n) is 4.74. The molecule has 3 nitrogen and oxygen atoms in total. The minimum atomic E-state index is 0. The van der Waals surface area contributed by atoms with Gasteiger partial charge in [0, 0.05) is 19.3 Å². The lowest BCUT2D eigenvalue weighted by Crippen LogP contribution is -3.00. The molecule has 0 aromatic heterocycles. The molecule has 1 fully saturated rings. The first-order chi connectivity index (χ1) is 6.02. The Morgan fingerprint density at radius 2 is 2.21 bits per heavy atom. The zero-order valence-corrected chi connectivity index (χ0v) is 12.3. The number of hydrogen-bond acceptors (Lipinski definition) is 2. The van der Waals surface area contributed by atoms with E-state index in [1.807, 2.05) is 0 Å². The van der Waals surface area contributed by atoms with E-state index in [0.717, 1.165) is 28.5 Å². The summed E-state index contributed by atoms with van der Waals surface area (Å²) >= 11 is 3.40. The molecule has 0 aromatic carbocycles. The second-order valence-corrected chi connectivity index (χ2v) is 5.76. The average molecular weight is 375 g/mol. The fourth-order valence-corrected chi connectivity index (χ4v) is 3.05. The molecule has 5 heteroatoms. The zero-order chi connectivity index (χ0) is 9.53. The third-order valence-electron chi connectivity index (χ3n) is 2.92. The van der Waals surface area contributed by atoms with E-state index in [0.29, 0.717) is 0 Å². The SMILES string of the molecule is C[N+]1(C)CCCC2(CC(Br)=NO2)C1.[I-]. The predicted molar refractivity (Wildman–Crippen MR) is 55.9 cm³/mol. The van der Waals surface area contributed by atoms with Gasteiger partial charge in [0.05, 0.1) is 20.6 Å². The van der Waals surface area contributed by atoms with Crippen molar-refractivity contribution in [2.45, 2.75) is 24.9 Å². The summed E-state index contributed by atoms with van der Waals surface area (Å²) in [6, 6.07) is 0. The number of rotatable bonds is 0. The maximum absolute atomic E-state index is 5.55. The van der Waals surface area contributed by atoms with Gasteiger partial charge < -0.3 is 33.3 Å². The lowest BCUT2D eigenvalue weighted by atomic mass is 9.89. The van der Waals surface area contributed by atoms with Crippen LogP contribution < -0.4 is 24.0 Å². The van der Waals surface area contributed by atoms with Gasteiger partial charge in [0.1, 0.15) is 11.2 Å². The minimum Gasteiger partial charge on any atom is -1.00 e. The molecular weight excluding hydrogens is 359 g/mol. The van der Waals surface area contributed by atoms with E-state index < -0.39 is 0 Å². The minimum absolute atomic E-state index is 0. The van der Waals surface area contributed by atoms with Gasteiger partial charge in [0.15, 0.2) is 5.60 Å². The third kappa shape index (κ3) is 2.61. The van der Waals surface area contributed by atoms with Gasteiger partial charge in [0.2, 0.25) is 0 Å². The van der Waals surface area contributed by atoms with Crippen molar-refractivity contribution >= 4 is 20.6 Å². The second-order valence-electron chi connectivity index (χ2n) is 4.84. The molecule has 2 rings (SSSR count). The molecule has 1 saturated heterocycles. The maximum atomic E-state index is 5.55. The summed E-state index contributed by atoms with van der Waals surface area (Å²) in [6.45, 7) is 2.33. The van der Waals surface area contributed by atoms with Gasteiger partial charge in [0.25, 0.3) is 0 Å². The summed E-state index contributed by atoms with van der Waals surface area (Å²) in [5.74, 6) is 0. The predicted octanol–water partition coefficient (Wildman–Crippen LogP) is -1.27. The van der Waals surface area contributed by atoms with Gasteiger partial charge in [-0.25, -0.2) is 0 Å². The molecule has 1 spiro atoms. The molecule has 0 bridgehead atoms. The molecule has 0 saturated carbocycles. The maximum Gasteiger partial charge on any atom is 0.192 e. The molecule has 0 N–H and O–H groups in total. The zero-order valence-electron chi connectivity index (χ0n) is 8.59. The van der Waals surface area contributed by atoms with Crippen molar-refractivity contribution in [2.24, 2.45) is 5.16 Å². The lowest BCUT2D eigenvalue weighted by molar-refractivity contribution is -0.902. The van der Waals surface area contributed by atoms with Crippen LogP contribution in [0.4, 0.5) is 0 Å². The van der Waals surface area contributed by atoms with Gasteiger partial charge in [-0.05, 0) is 15.9 Å². The number of piperidine rings is 1. The fourth-order valence-electron chi connectivity index (χ4n) is 2.46. The Bertz CT molecular complexity index is 257. The van der Waals surface area contributed by atoms with Gasteiger partial charge in [-0.15, -0.1) is 0 Å². The first kappa shape index (κ1) is 12.7. The van der Waals surface area contributed by atoms with E-state index in [9.17, 15) is 0 Å². The van der Waals surface area contributed by atoms with Crippen LogP contribution in [0.1, 0.15) is 19.3 Å². The lowest BCUT2D eigenvalue weighted by Gasteiger charge is -2.41. The van der Waals surface area contributed by atoms with Crippen molar-refractivity contribution in [3.63, 3.8) is 0 Å². The number of likely N-dealkylation sites (N-methyl/N-ethyl adjacent to an activating group) is 1. The number of quaternary nitrogens is 1. The highest BCUT2D eigenvalue weighted by atomic mass is 127. The number of hydrogen-bond donors (Lipinski definition) is 0. The standard InChI is InChI=1S/C9H16BrN2O.HI/c1-12(2)5-3-4-9(7-12)6-8(10)11-13-9;/h3-7H2,1-2H3;1H/q+1;/p-1. The quantitative estimate of drug-likeness (QED) is 0.382. The number of halogens is 2. The molecule has 2 aliphatic rings. The Labute approximate surface area is 111 Å². The summed E-state index contributed by atoms with van der Waals surface area (Å²) in [4.78, 5) is 5.55. The molecule has 0 radical (unpaired) electrons. The topological polar surface area (TPSA) is 21.6 Å². The van der Waals surface area contributed by atoms with Gasteiger partial charge in [-0.1, -0.05) is 5.16 Å². The molecule has 1 atom stereocenters. The molecule has 0 amide bonds. The highest BCUT2D eigenvalue weighted by Gasteiger charge is 2.46. The number of nitrogens with zero attached hydrogens (tertiary/aromatic N) is 2. The highest BCUT2D eigenvalue weighted by Crippen LogP contribution is 2.35. The summed E-state index contributed by atoms with van der Waals surface area (Å²) in [5, 5.41) is 4.00. The molecule has 1 unspecified atom stereocenters. The third-order valence-corrected chi connectivity index (χ3v) is 3.34. The van der Waals surface area contributed by atoms with Gasteiger partial charge >= 0.3 is 0 Å². The monoisotopic (exact) mass is 374 g/mol. The van der Waals surface area contributed by atoms with E-state index >= 15 is 0 Å².